The number of likely N-dealkylation sites (tertiary alicyclic amines) is 1. The van der Waals surface area contributed by atoms with Gasteiger partial charge in [0.2, 0.25) is 15.8 Å². The Hall–Kier alpha value is -1.52. The highest BCUT2D eigenvalue weighted by molar-refractivity contribution is 7.88. The Labute approximate surface area is 148 Å². The Morgan fingerprint density at radius 3 is 2.60 bits per heavy atom. The molecular weight excluding hydrogens is 346 g/mol. The van der Waals surface area contributed by atoms with Gasteiger partial charge < -0.3 is 9.64 Å². The van der Waals surface area contributed by atoms with Crippen LogP contribution in [0.3, 0.4) is 0 Å². The molecule has 1 amide bonds. The molecule has 140 valence electrons. The molecule has 0 aliphatic carbocycles. The first-order valence-corrected chi connectivity index (χ1v) is 10.2. The molecule has 1 aromatic heterocycles. The van der Waals surface area contributed by atoms with Crippen LogP contribution in [0.15, 0.2) is 6.33 Å². The number of aromatic nitrogens is 3. The Bertz CT molecular complexity index is 739. The van der Waals surface area contributed by atoms with Crippen molar-refractivity contribution in [3.63, 3.8) is 0 Å². The molecule has 1 spiro atoms. The lowest BCUT2D eigenvalue weighted by Gasteiger charge is -2.38. The summed E-state index contributed by atoms with van der Waals surface area (Å²) in [6.07, 6.45) is 5.09. The SMILES string of the molecule is COC[C@@H]1CC2(CCN(C(=O)c3ncn(C)n3)CC2)CN1S(C)(=O)=O. The lowest BCUT2D eigenvalue weighted by atomic mass is 9.76. The van der Waals surface area contributed by atoms with E-state index >= 15 is 0 Å². The smallest absolute Gasteiger partial charge is 0.293 e. The zero-order chi connectivity index (χ0) is 18.2. The number of sulfonamides is 1. The first-order valence-electron chi connectivity index (χ1n) is 8.35. The van der Waals surface area contributed by atoms with Crippen molar-refractivity contribution in [2.75, 3.05) is 39.6 Å². The van der Waals surface area contributed by atoms with Crippen molar-refractivity contribution in [1.82, 2.24) is 24.0 Å². The topological polar surface area (TPSA) is 97.6 Å². The zero-order valence-electron chi connectivity index (χ0n) is 14.9. The van der Waals surface area contributed by atoms with E-state index in [-0.39, 0.29) is 23.2 Å². The fourth-order valence-electron chi connectivity index (χ4n) is 3.97. The fourth-order valence-corrected chi connectivity index (χ4v) is 5.16. The normalized spacial score (nSPS) is 24.1. The van der Waals surface area contributed by atoms with Crippen LogP contribution < -0.4 is 0 Å². The van der Waals surface area contributed by atoms with Gasteiger partial charge in [0.25, 0.3) is 5.91 Å². The van der Waals surface area contributed by atoms with E-state index in [1.165, 1.54) is 17.3 Å². The van der Waals surface area contributed by atoms with Crippen LogP contribution in [0.2, 0.25) is 0 Å². The van der Waals surface area contributed by atoms with Gasteiger partial charge in [-0.25, -0.2) is 13.4 Å². The second-order valence-electron chi connectivity index (χ2n) is 7.16. The van der Waals surface area contributed by atoms with Gasteiger partial charge in [0, 0.05) is 39.8 Å². The maximum absolute atomic E-state index is 12.5. The number of rotatable bonds is 4. The maximum Gasteiger partial charge on any atom is 0.293 e. The van der Waals surface area contributed by atoms with Crippen LogP contribution in [-0.4, -0.2) is 83.9 Å². The average Bonchev–Trinajstić information content (AvgIpc) is 3.12. The number of hydrogen-bond acceptors (Lipinski definition) is 6. The minimum Gasteiger partial charge on any atom is -0.383 e. The summed E-state index contributed by atoms with van der Waals surface area (Å²) >= 11 is 0. The molecule has 0 N–H and O–H groups in total. The molecule has 2 aliphatic rings. The standard InChI is InChI=1S/C15H25N5O4S/c1-18-11-16-13(17-18)14(21)19-6-4-15(5-7-19)8-12(9-24-2)20(10-15)25(3,22)23/h11-12H,4-10H2,1-3H3/t12-/m0/s1. The Kier molecular flexibility index (Phi) is 4.86. The molecule has 9 nitrogen and oxygen atoms in total. The number of piperidine rings is 1. The summed E-state index contributed by atoms with van der Waals surface area (Å²) < 4.78 is 32.5. The van der Waals surface area contributed by atoms with Crippen LogP contribution in [-0.2, 0) is 21.8 Å². The number of methoxy groups -OCH3 is 1. The third kappa shape index (κ3) is 3.70. The third-order valence-corrected chi connectivity index (χ3v) is 6.53. The molecule has 3 rings (SSSR count). The largest absolute Gasteiger partial charge is 0.383 e. The van der Waals surface area contributed by atoms with Gasteiger partial charge in [-0.1, -0.05) is 0 Å². The first kappa shape index (κ1) is 18.3. The van der Waals surface area contributed by atoms with E-state index in [0.717, 1.165) is 19.3 Å². The Balaban J connectivity index is 1.68. The predicted molar refractivity (Wildman–Crippen MR) is 90.4 cm³/mol. The Morgan fingerprint density at radius 1 is 1.40 bits per heavy atom. The number of amides is 1. The van der Waals surface area contributed by atoms with Gasteiger partial charge in [0.05, 0.1) is 12.9 Å². The van der Waals surface area contributed by atoms with Crippen LogP contribution in [0.5, 0.6) is 0 Å². The van der Waals surface area contributed by atoms with Gasteiger partial charge in [0.1, 0.15) is 6.33 Å². The molecule has 0 unspecified atom stereocenters. The van der Waals surface area contributed by atoms with E-state index in [2.05, 4.69) is 10.1 Å². The number of carbonyl (C=O) groups excluding carboxylic acids is 1. The molecule has 0 bridgehead atoms. The predicted octanol–water partition coefficient (Wildman–Crippen LogP) is -0.282. The van der Waals surface area contributed by atoms with Crippen LogP contribution >= 0.6 is 0 Å². The molecular formula is C15H25N5O4S. The van der Waals surface area contributed by atoms with Crippen LogP contribution in [0.1, 0.15) is 29.9 Å². The van der Waals surface area contributed by atoms with Crippen LogP contribution in [0.25, 0.3) is 0 Å². The van der Waals surface area contributed by atoms with Crippen molar-refractivity contribution in [3.05, 3.63) is 12.2 Å². The zero-order valence-corrected chi connectivity index (χ0v) is 15.7. The summed E-state index contributed by atoms with van der Waals surface area (Å²) in [4.78, 5) is 18.2. The monoisotopic (exact) mass is 371 g/mol. The molecule has 2 fully saturated rings. The van der Waals surface area contributed by atoms with Crippen molar-refractivity contribution in [3.8, 4) is 0 Å². The minimum atomic E-state index is -3.27. The molecule has 0 saturated carbocycles. The number of nitrogens with zero attached hydrogens (tertiary/aromatic N) is 5. The number of ether oxygens (including phenoxy) is 1. The molecule has 0 radical (unpaired) electrons. The molecule has 1 atom stereocenters. The minimum absolute atomic E-state index is 0.0827. The van der Waals surface area contributed by atoms with Gasteiger partial charge in [0.15, 0.2) is 0 Å². The molecule has 0 aromatic carbocycles. The molecule has 25 heavy (non-hydrogen) atoms. The quantitative estimate of drug-likeness (QED) is 0.722. The molecule has 10 heteroatoms. The Morgan fingerprint density at radius 2 is 2.08 bits per heavy atom. The van der Waals surface area contributed by atoms with Crippen LogP contribution in [0, 0.1) is 5.41 Å². The van der Waals surface area contributed by atoms with Crippen LogP contribution in [0.4, 0.5) is 0 Å². The average molecular weight is 371 g/mol. The summed E-state index contributed by atoms with van der Waals surface area (Å²) in [6.45, 7) is 2.09. The van der Waals surface area contributed by atoms with Gasteiger partial charge >= 0.3 is 0 Å². The lowest BCUT2D eigenvalue weighted by molar-refractivity contribution is 0.0583. The summed E-state index contributed by atoms with van der Waals surface area (Å²) in [5.41, 5.74) is -0.0827. The summed E-state index contributed by atoms with van der Waals surface area (Å²) in [7, 11) is 0.0460. The van der Waals surface area contributed by atoms with E-state index in [4.69, 9.17) is 4.74 Å². The van der Waals surface area contributed by atoms with Crippen molar-refractivity contribution < 1.29 is 17.9 Å². The van der Waals surface area contributed by atoms with E-state index in [1.54, 1.807) is 23.4 Å². The van der Waals surface area contributed by atoms with Crippen molar-refractivity contribution in [1.29, 1.82) is 0 Å². The number of aryl methyl sites for hydroxylation is 1. The summed E-state index contributed by atoms with van der Waals surface area (Å²) in [5, 5.41) is 4.07. The highest BCUT2D eigenvalue weighted by Crippen LogP contribution is 2.44. The highest BCUT2D eigenvalue weighted by atomic mass is 32.2. The number of carbonyl (C=O) groups is 1. The number of hydrogen-bond donors (Lipinski definition) is 0. The van der Waals surface area contributed by atoms with E-state index < -0.39 is 10.0 Å². The van der Waals surface area contributed by atoms with Gasteiger partial charge in [-0.15, -0.1) is 5.10 Å². The van der Waals surface area contributed by atoms with Crippen molar-refractivity contribution >= 4 is 15.9 Å². The van der Waals surface area contributed by atoms with Gasteiger partial charge in [-0.05, 0) is 24.7 Å². The van der Waals surface area contributed by atoms with Gasteiger partial charge in [-0.3, -0.25) is 9.48 Å². The molecule has 1 aromatic rings. The van der Waals surface area contributed by atoms with Crippen molar-refractivity contribution in [2.45, 2.75) is 25.3 Å². The van der Waals surface area contributed by atoms with Crippen molar-refractivity contribution in [2.24, 2.45) is 12.5 Å². The first-order chi connectivity index (χ1) is 11.7. The summed E-state index contributed by atoms with van der Waals surface area (Å²) in [6, 6.07) is -0.125. The maximum atomic E-state index is 12.5. The fraction of sp³-hybridized carbons (Fsp3) is 0.800. The van der Waals surface area contributed by atoms with E-state index in [1.807, 2.05) is 0 Å². The second kappa shape index (κ2) is 6.65. The van der Waals surface area contributed by atoms with E-state index in [0.29, 0.717) is 26.2 Å². The lowest BCUT2D eigenvalue weighted by Crippen LogP contribution is -2.45. The molecule has 2 aliphatic heterocycles. The third-order valence-electron chi connectivity index (χ3n) is 5.25. The molecule has 3 heterocycles. The van der Waals surface area contributed by atoms with E-state index in [9.17, 15) is 13.2 Å². The molecule has 2 saturated heterocycles. The van der Waals surface area contributed by atoms with Gasteiger partial charge in [-0.2, -0.15) is 4.31 Å². The second-order valence-corrected chi connectivity index (χ2v) is 9.09. The summed E-state index contributed by atoms with van der Waals surface area (Å²) in [5.74, 6) is 0.0433. The highest BCUT2D eigenvalue weighted by Gasteiger charge is 2.49.